The normalized spacial score (nSPS) is 18.0. The largest absolute Gasteiger partial charge is 2.00 e. The minimum atomic E-state index is 0. The summed E-state index contributed by atoms with van der Waals surface area (Å²) in [5.74, 6) is 0.204. The van der Waals surface area contributed by atoms with Crippen LogP contribution in [0, 0.1) is 0 Å². The van der Waals surface area contributed by atoms with Gasteiger partial charge in [0.25, 0.3) is 0 Å². The molecule has 1 rings (SSSR count). The van der Waals surface area contributed by atoms with E-state index < -0.39 is 0 Å². The molecule has 1 saturated heterocycles. The number of carbonyl (C=O) groups is 1. The van der Waals surface area contributed by atoms with Crippen LogP contribution in [0.1, 0.15) is 15.7 Å². The first-order valence-electron chi connectivity index (χ1n) is 2.16. The Hall–Kier alpha value is 0.730. The van der Waals surface area contributed by atoms with E-state index in [9.17, 15) is 4.79 Å². The molecule has 0 atom stereocenters. The Bertz CT molecular complexity index is 73.0. The number of carbonyl (C=O) groups excluding carboxylic acids is 1. The molecule has 0 bridgehead atoms. The van der Waals surface area contributed by atoms with Crippen LogP contribution in [0.3, 0.4) is 0 Å². The van der Waals surface area contributed by atoms with Crippen molar-refractivity contribution in [2.24, 2.45) is 0 Å². The molecule has 0 saturated carbocycles. The van der Waals surface area contributed by atoms with Crippen molar-refractivity contribution in [2.75, 3.05) is 6.54 Å². The van der Waals surface area contributed by atoms with Gasteiger partial charge in [0.15, 0.2) is 0 Å². The van der Waals surface area contributed by atoms with Gasteiger partial charge in [-0.15, -0.1) is 0 Å². The van der Waals surface area contributed by atoms with Crippen LogP contribution in [-0.4, -0.2) is 50.2 Å². The van der Waals surface area contributed by atoms with Gasteiger partial charge < -0.3 is 8.17 Å². The summed E-state index contributed by atoms with van der Waals surface area (Å²) in [7, 11) is 0. The van der Waals surface area contributed by atoms with Crippen LogP contribution in [0.15, 0.2) is 0 Å². The van der Waals surface area contributed by atoms with Crippen molar-refractivity contribution in [2.45, 2.75) is 12.8 Å². The van der Waals surface area contributed by atoms with Gasteiger partial charge in [-0.2, -0.15) is 0 Å². The molecule has 0 aliphatic carbocycles. The van der Waals surface area contributed by atoms with Crippen LogP contribution in [0.2, 0.25) is 0 Å². The molecule has 1 fully saturated rings. The molecule has 1 N–H and O–H groups in total. The van der Waals surface area contributed by atoms with Gasteiger partial charge in [-0.3, -0.25) is 4.79 Å². The molecule has 0 unspecified atom stereocenters. The maximum absolute atomic E-state index is 10.1. The van der Waals surface area contributed by atoms with E-state index in [2.05, 4.69) is 5.32 Å². The SMILES string of the molecule is O=C1CCCN1.[Ca+2].[H-].[H-]. The minimum absolute atomic E-state index is 0. The molecule has 7 heavy (non-hydrogen) atoms. The summed E-state index contributed by atoms with van der Waals surface area (Å²) in [5, 5.41) is 2.68. The van der Waals surface area contributed by atoms with Crippen molar-refractivity contribution < 1.29 is 7.65 Å². The number of nitrogens with one attached hydrogen (secondary N) is 1. The van der Waals surface area contributed by atoms with E-state index in [1.165, 1.54) is 0 Å². The van der Waals surface area contributed by atoms with E-state index in [0.717, 1.165) is 19.4 Å². The zero-order chi connectivity index (χ0) is 4.41. The smallest absolute Gasteiger partial charge is 1.00 e. The van der Waals surface area contributed by atoms with Crippen molar-refractivity contribution >= 4 is 43.6 Å². The summed E-state index contributed by atoms with van der Waals surface area (Å²) >= 11 is 0. The maximum Gasteiger partial charge on any atom is 2.00 e. The Morgan fingerprint density at radius 2 is 2.43 bits per heavy atom. The maximum atomic E-state index is 10.1. The first-order chi connectivity index (χ1) is 2.89. The van der Waals surface area contributed by atoms with Gasteiger partial charge in [0.1, 0.15) is 0 Å². The summed E-state index contributed by atoms with van der Waals surface area (Å²) in [5.41, 5.74) is 0. The first kappa shape index (κ1) is 7.73. The van der Waals surface area contributed by atoms with Gasteiger partial charge in [-0.05, 0) is 6.42 Å². The van der Waals surface area contributed by atoms with E-state index in [-0.39, 0.29) is 46.5 Å². The molecule has 0 aromatic carbocycles. The molecule has 2 nitrogen and oxygen atoms in total. The second-order valence-electron chi connectivity index (χ2n) is 1.45. The fraction of sp³-hybridized carbons (Fsp3) is 0.750. The van der Waals surface area contributed by atoms with E-state index in [4.69, 9.17) is 0 Å². The van der Waals surface area contributed by atoms with Crippen molar-refractivity contribution in [3.63, 3.8) is 0 Å². The summed E-state index contributed by atoms with van der Waals surface area (Å²) in [4.78, 5) is 10.1. The van der Waals surface area contributed by atoms with Crippen molar-refractivity contribution in [3.05, 3.63) is 0 Å². The van der Waals surface area contributed by atoms with Crippen LogP contribution in [-0.2, 0) is 4.79 Å². The second kappa shape index (κ2) is 3.70. The van der Waals surface area contributed by atoms with Gasteiger partial charge in [0, 0.05) is 13.0 Å². The van der Waals surface area contributed by atoms with Crippen LogP contribution in [0.5, 0.6) is 0 Å². The Balaban J connectivity index is -0.000000120. The molecular formula is C4H9CaNO. The first-order valence-corrected chi connectivity index (χ1v) is 2.16. The Morgan fingerprint density at radius 1 is 1.71 bits per heavy atom. The predicted molar refractivity (Wildman–Crippen MR) is 30.2 cm³/mol. The fourth-order valence-corrected chi connectivity index (χ4v) is 0.565. The second-order valence-corrected chi connectivity index (χ2v) is 1.45. The predicted octanol–water partition coefficient (Wildman–Crippen LogP) is -0.259. The van der Waals surface area contributed by atoms with Crippen LogP contribution in [0.25, 0.3) is 0 Å². The summed E-state index contributed by atoms with van der Waals surface area (Å²) in [6, 6.07) is 0. The average Bonchev–Trinajstić information content (AvgIpc) is 1.86. The number of hydrogen-bond donors (Lipinski definition) is 1. The molecule has 0 spiro atoms. The quantitative estimate of drug-likeness (QED) is 0.446. The van der Waals surface area contributed by atoms with E-state index in [1.54, 1.807) is 0 Å². The monoisotopic (exact) mass is 127 g/mol. The molecule has 38 valence electrons. The number of rotatable bonds is 0. The van der Waals surface area contributed by atoms with Crippen LogP contribution >= 0.6 is 0 Å². The van der Waals surface area contributed by atoms with E-state index in [1.807, 2.05) is 0 Å². The molecule has 0 aromatic rings. The minimum Gasteiger partial charge on any atom is -1.00 e. The third-order valence-corrected chi connectivity index (χ3v) is 0.903. The van der Waals surface area contributed by atoms with Gasteiger partial charge in [-0.25, -0.2) is 0 Å². The summed E-state index contributed by atoms with van der Waals surface area (Å²) in [6.45, 7) is 0.888. The van der Waals surface area contributed by atoms with Crippen LogP contribution in [0.4, 0.5) is 0 Å². The van der Waals surface area contributed by atoms with Crippen molar-refractivity contribution in [1.29, 1.82) is 0 Å². The zero-order valence-corrected chi connectivity index (χ0v) is 6.45. The average molecular weight is 127 g/mol. The van der Waals surface area contributed by atoms with Gasteiger partial charge in [-0.1, -0.05) is 0 Å². The molecule has 1 aliphatic heterocycles. The Morgan fingerprint density at radius 3 is 2.57 bits per heavy atom. The molecule has 0 radical (unpaired) electrons. The van der Waals surface area contributed by atoms with Gasteiger partial charge >= 0.3 is 37.7 Å². The molecular weight excluding hydrogens is 118 g/mol. The molecule has 3 heteroatoms. The summed E-state index contributed by atoms with van der Waals surface area (Å²) in [6.07, 6.45) is 1.76. The Labute approximate surface area is 75.6 Å². The molecule has 1 aliphatic rings. The molecule has 1 amide bonds. The zero-order valence-electron chi connectivity index (χ0n) is 6.24. The standard InChI is InChI=1S/C4H7NO.Ca.2H/c6-4-2-1-3-5-4;;;/h1-3H2,(H,5,6);;;/q;+2;2*-1. The summed E-state index contributed by atoms with van der Waals surface area (Å²) < 4.78 is 0. The third-order valence-electron chi connectivity index (χ3n) is 0.903. The van der Waals surface area contributed by atoms with Crippen LogP contribution < -0.4 is 5.32 Å². The third kappa shape index (κ3) is 2.52. The van der Waals surface area contributed by atoms with E-state index in [0.29, 0.717) is 0 Å². The Kier molecular flexibility index (Phi) is 4.08. The fourth-order valence-electron chi connectivity index (χ4n) is 0.565. The number of hydrogen-bond acceptors (Lipinski definition) is 1. The van der Waals surface area contributed by atoms with Gasteiger partial charge in [0.2, 0.25) is 5.91 Å². The van der Waals surface area contributed by atoms with Crippen molar-refractivity contribution in [3.8, 4) is 0 Å². The topological polar surface area (TPSA) is 29.1 Å². The van der Waals surface area contributed by atoms with Crippen molar-refractivity contribution in [1.82, 2.24) is 5.32 Å². The number of amides is 1. The van der Waals surface area contributed by atoms with E-state index >= 15 is 0 Å². The van der Waals surface area contributed by atoms with Gasteiger partial charge in [0.05, 0.1) is 0 Å². The molecule has 0 aromatic heterocycles. The molecule has 1 heterocycles.